The molecule has 1 aromatic heterocycles. The van der Waals surface area contributed by atoms with Crippen LogP contribution in [0.5, 0.6) is 0 Å². The van der Waals surface area contributed by atoms with Crippen LogP contribution in [-0.2, 0) is 11.8 Å². The van der Waals surface area contributed by atoms with Crippen LogP contribution in [-0.4, -0.2) is 28.7 Å². The molecule has 1 aromatic carbocycles. The number of aryl methyl sites for hydroxylation is 1. The Bertz CT molecular complexity index is 1130. The molecule has 0 aliphatic heterocycles. The number of ketones is 1. The first-order valence-electron chi connectivity index (χ1n) is 10.1. The van der Waals surface area contributed by atoms with E-state index in [1.807, 2.05) is 12.2 Å². The first-order valence-corrected chi connectivity index (χ1v) is 10.1. The normalized spacial score (nSPS) is 12.6. The minimum atomic E-state index is -0.701. The molecule has 2 amide bonds. The molecule has 7 heteroatoms. The van der Waals surface area contributed by atoms with E-state index in [0.717, 1.165) is 12.0 Å². The highest BCUT2D eigenvalue weighted by molar-refractivity contribution is 6.43. The summed E-state index contributed by atoms with van der Waals surface area (Å²) < 4.78 is 15.0. The number of halogens is 1. The topological polar surface area (TPSA) is 80.2 Å². The lowest BCUT2D eigenvalue weighted by Gasteiger charge is -2.08. The lowest BCUT2D eigenvalue weighted by Crippen LogP contribution is -2.33. The van der Waals surface area contributed by atoms with Gasteiger partial charge in [-0.25, -0.2) is 4.39 Å². The van der Waals surface area contributed by atoms with E-state index in [1.165, 1.54) is 18.2 Å². The fraction of sp³-hybridized carbons (Fsp3) is 0.292. The minimum Gasteiger partial charge on any atom is -0.349 e. The summed E-state index contributed by atoms with van der Waals surface area (Å²) in [5.41, 5.74) is 3.48. The molecule has 0 unspecified atom stereocenters. The number of carbonyl (C=O) groups excluding carboxylic acids is 3. The Morgan fingerprint density at radius 1 is 1.16 bits per heavy atom. The number of anilines is 1. The van der Waals surface area contributed by atoms with Crippen molar-refractivity contribution >= 4 is 23.3 Å². The fourth-order valence-electron chi connectivity index (χ4n) is 3.75. The minimum absolute atomic E-state index is 0.176. The number of amides is 2. The van der Waals surface area contributed by atoms with Crippen molar-refractivity contribution in [3.8, 4) is 0 Å². The molecule has 6 nitrogen and oxygen atoms in total. The van der Waals surface area contributed by atoms with Crippen molar-refractivity contribution < 1.29 is 18.8 Å². The van der Waals surface area contributed by atoms with Crippen LogP contribution in [0.2, 0.25) is 0 Å². The zero-order valence-corrected chi connectivity index (χ0v) is 18.1. The highest BCUT2D eigenvalue weighted by Crippen LogP contribution is 2.24. The second-order valence-corrected chi connectivity index (χ2v) is 7.66. The van der Waals surface area contributed by atoms with Crippen LogP contribution in [0.3, 0.4) is 0 Å². The van der Waals surface area contributed by atoms with Gasteiger partial charge in [0.2, 0.25) is 0 Å². The van der Waals surface area contributed by atoms with Crippen molar-refractivity contribution in [1.82, 2.24) is 9.88 Å². The largest absolute Gasteiger partial charge is 0.349 e. The molecule has 0 radical (unpaired) electrons. The van der Waals surface area contributed by atoms with Crippen molar-refractivity contribution in [1.29, 1.82) is 0 Å². The summed E-state index contributed by atoms with van der Waals surface area (Å²) in [5.74, 6) is -2.16. The van der Waals surface area contributed by atoms with Crippen molar-refractivity contribution in [3.05, 3.63) is 75.9 Å². The predicted octanol–water partition coefficient (Wildman–Crippen LogP) is 3.92. The van der Waals surface area contributed by atoms with Gasteiger partial charge < -0.3 is 15.2 Å². The smallest absolute Gasteiger partial charge is 0.294 e. The first-order chi connectivity index (χ1) is 14.7. The standard InChI is InChI=1S/C24H26FN3O3/c1-14-13-18(9-10-19(14)25)27-23(30)20-15(2)21(28(4)16(20)3)22(29)24(31)26-12-11-17-7-5-6-8-17/h5,7-10,13H,6,11-12H2,1-4H3,(H,26,31)(H,27,30). The number of nitrogens with one attached hydrogen (secondary N) is 2. The van der Waals surface area contributed by atoms with Crippen molar-refractivity contribution in [3.63, 3.8) is 0 Å². The third-order valence-electron chi connectivity index (χ3n) is 5.54. The fourth-order valence-corrected chi connectivity index (χ4v) is 3.75. The highest BCUT2D eigenvalue weighted by atomic mass is 19.1. The maximum Gasteiger partial charge on any atom is 0.294 e. The summed E-state index contributed by atoms with van der Waals surface area (Å²) in [4.78, 5) is 38.1. The quantitative estimate of drug-likeness (QED) is 0.523. The van der Waals surface area contributed by atoms with Crippen molar-refractivity contribution in [2.45, 2.75) is 33.6 Å². The number of hydrogen-bond acceptors (Lipinski definition) is 3. The average Bonchev–Trinajstić information content (AvgIpc) is 3.31. The molecule has 2 aromatic rings. The summed E-state index contributed by atoms with van der Waals surface area (Å²) in [6.07, 6.45) is 7.67. The van der Waals surface area contributed by atoms with Gasteiger partial charge in [-0.1, -0.05) is 23.8 Å². The molecule has 0 spiro atoms. The summed E-state index contributed by atoms with van der Waals surface area (Å²) in [6.45, 7) is 5.33. The van der Waals surface area contributed by atoms with E-state index in [0.29, 0.717) is 41.0 Å². The van der Waals surface area contributed by atoms with Crippen LogP contribution >= 0.6 is 0 Å². The summed E-state index contributed by atoms with van der Waals surface area (Å²) >= 11 is 0. The maximum absolute atomic E-state index is 13.5. The van der Waals surface area contributed by atoms with E-state index in [-0.39, 0.29) is 11.5 Å². The van der Waals surface area contributed by atoms with Gasteiger partial charge in [-0.15, -0.1) is 0 Å². The zero-order chi connectivity index (χ0) is 22.7. The molecule has 2 N–H and O–H groups in total. The van der Waals surface area contributed by atoms with Gasteiger partial charge in [-0.05, 0) is 62.9 Å². The summed E-state index contributed by atoms with van der Waals surface area (Å²) in [7, 11) is 1.65. The van der Waals surface area contributed by atoms with Gasteiger partial charge >= 0.3 is 0 Å². The Balaban J connectivity index is 1.76. The number of carbonyl (C=O) groups is 3. The lowest BCUT2D eigenvalue weighted by atomic mass is 10.1. The molecule has 1 aliphatic carbocycles. The van der Waals surface area contributed by atoms with Crippen LogP contribution < -0.4 is 10.6 Å². The number of hydrogen-bond donors (Lipinski definition) is 2. The second-order valence-electron chi connectivity index (χ2n) is 7.66. The number of aromatic nitrogens is 1. The van der Waals surface area contributed by atoms with Crippen LogP contribution in [0.4, 0.5) is 10.1 Å². The third-order valence-corrected chi connectivity index (χ3v) is 5.54. The monoisotopic (exact) mass is 423 g/mol. The van der Waals surface area contributed by atoms with Crippen LogP contribution in [0.25, 0.3) is 0 Å². The van der Waals surface area contributed by atoms with Crippen LogP contribution in [0.1, 0.15) is 50.5 Å². The lowest BCUT2D eigenvalue weighted by molar-refractivity contribution is -0.117. The Morgan fingerprint density at radius 3 is 2.55 bits per heavy atom. The van der Waals surface area contributed by atoms with Gasteiger partial charge in [-0.2, -0.15) is 0 Å². The molecular weight excluding hydrogens is 397 g/mol. The zero-order valence-electron chi connectivity index (χ0n) is 18.1. The van der Waals surface area contributed by atoms with Gasteiger partial charge in [-0.3, -0.25) is 14.4 Å². The molecule has 0 bridgehead atoms. The average molecular weight is 423 g/mol. The van der Waals surface area contributed by atoms with E-state index >= 15 is 0 Å². The molecule has 0 saturated carbocycles. The van der Waals surface area contributed by atoms with Crippen molar-refractivity contribution in [2.24, 2.45) is 7.05 Å². The van der Waals surface area contributed by atoms with Gasteiger partial charge in [0, 0.05) is 25.0 Å². The van der Waals surface area contributed by atoms with Gasteiger partial charge in [0.15, 0.2) is 0 Å². The molecule has 0 fully saturated rings. The molecule has 3 rings (SSSR count). The van der Waals surface area contributed by atoms with Crippen LogP contribution in [0.15, 0.2) is 42.0 Å². The Hall–Kier alpha value is -3.48. The van der Waals surface area contributed by atoms with Crippen molar-refractivity contribution in [2.75, 3.05) is 11.9 Å². The molecule has 0 atom stereocenters. The Morgan fingerprint density at radius 2 is 1.90 bits per heavy atom. The molecule has 1 heterocycles. The summed E-state index contributed by atoms with van der Waals surface area (Å²) in [5, 5.41) is 5.40. The van der Waals surface area contributed by atoms with Gasteiger partial charge in [0.05, 0.1) is 11.3 Å². The molecule has 1 aliphatic rings. The number of Topliss-reactive ketones (excluding diaryl/α,β-unsaturated/α-hetero) is 1. The van der Waals surface area contributed by atoms with E-state index in [4.69, 9.17) is 0 Å². The highest BCUT2D eigenvalue weighted by Gasteiger charge is 2.28. The maximum atomic E-state index is 13.5. The predicted molar refractivity (Wildman–Crippen MR) is 118 cm³/mol. The number of allylic oxidation sites excluding steroid dienone is 3. The van der Waals surface area contributed by atoms with E-state index in [9.17, 15) is 18.8 Å². The molecule has 31 heavy (non-hydrogen) atoms. The van der Waals surface area contributed by atoms with E-state index in [2.05, 4.69) is 16.7 Å². The van der Waals surface area contributed by atoms with E-state index in [1.54, 1.807) is 32.4 Å². The molecule has 0 saturated heterocycles. The van der Waals surface area contributed by atoms with Gasteiger partial charge in [0.1, 0.15) is 5.82 Å². The first kappa shape index (κ1) is 22.2. The molecular formula is C24H26FN3O3. The van der Waals surface area contributed by atoms with Gasteiger partial charge in [0.25, 0.3) is 17.6 Å². The number of nitrogens with zero attached hydrogens (tertiary/aromatic N) is 1. The van der Waals surface area contributed by atoms with E-state index < -0.39 is 17.6 Å². The SMILES string of the molecule is Cc1cc(NC(=O)c2c(C)c(C(=O)C(=O)NCCC3=CCC=C3)n(C)c2C)ccc1F. The number of rotatable bonds is 7. The number of benzene rings is 1. The Kier molecular flexibility index (Phi) is 6.53. The molecule has 162 valence electrons. The summed E-state index contributed by atoms with van der Waals surface area (Å²) in [6, 6.07) is 4.30. The Labute approximate surface area is 180 Å². The third kappa shape index (κ3) is 4.66. The second kappa shape index (κ2) is 9.12. The van der Waals surface area contributed by atoms with Crippen LogP contribution in [0, 0.1) is 26.6 Å².